The van der Waals surface area contributed by atoms with Crippen LogP contribution in [0.2, 0.25) is 0 Å². The van der Waals surface area contributed by atoms with E-state index in [1.54, 1.807) is 11.2 Å². The van der Waals surface area contributed by atoms with E-state index in [-0.39, 0.29) is 23.0 Å². The zero-order valence-electron chi connectivity index (χ0n) is 12.1. The van der Waals surface area contributed by atoms with Crippen LogP contribution in [0.25, 0.3) is 0 Å². The number of rotatable bonds is 5. The number of carbonyl (C=O) groups is 2. The van der Waals surface area contributed by atoms with Gasteiger partial charge in [-0.25, -0.2) is 0 Å². The summed E-state index contributed by atoms with van der Waals surface area (Å²) >= 11 is 0. The quantitative estimate of drug-likeness (QED) is 0.802. The Bertz CT molecular complexity index is 371. The Labute approximate surface area is 117 Å². The Morgan fingerprint density at radius 3 is 2.53 bits per heavy atom. The Hall–Kier alpha value is -0.910. The molecule has 0 aromatic heterocycles. The highest BCUT2D eigenvalue weighted by Gasteiger charge is 2.31. The molecule has 19 heavy (non-hydrogen) atoms. The van der Waals surface area contributed by atoms with Crippen LogP contribution in [-0.4, -0.2) is 51.6 Å². The molecule has 0 spiro atoms. The summed E-state index contributed by atoms with van der Waals surface area (Å²) in [5.74, 6) is -0.00798. The van der Waals surface area contributed by atoms with Gasteiger partial charge < -0.3 is 10.2 Å². The van der Waals surface area contributed by atoms with Gasteiger partial charge >= 0.3 is 0 Å². The van der Waals surface area contributed by atoms with E-state index in [0.29, 0.717) is 25.9 Å². The third kappa shape index (κ3) is 4.60. The highest BCUT2D eigenvalue weighted by atomic mass is 32.2. The van der Waals surface area contributed by atoms with Crippen LogP contribution >= 0.6 is 0 Å². The number of carbonyl (C=O) groups excluding carboxylic acids is 2. The van der Waals surface area contributed by atoms with Gasteiger partial charge in [0.1, 0.15) is 6.04 Å². The van der Waals surface area contributed by atoms with Crippen LogP contribution in [0.5, 0.6) is 0 Å². The highest BCUT2D eigenvalue weighted by Crippen LogP contribution is 2.12. The predicted molar refractivity (Wildman–Crippen MR) is 76.1 cm³/mol. The lowest BCUT2D eigenvalue weighted by Gasteiger charge is -2.26. The number of nitrogens with zero attached hydrogens (tertiary/aromatic N) is 1. The molecule has 1 N–H and O–H groups in total. The Kier molecular flexibility index (Phi) is 5.97. The van der Waals surface area contributed by atoms with Gasteiger partial charge in [0.2, 0.25) is 11.8 Å². The van der Waals surface area contributed by atoms with Crippen LogP contribution in [0.1, 0.15) is 33.6 Å². The monoisotopic (exact) mass is 288 g/mol. The van der Waals surface area contributed by atoms with Crippen molar-refractivity contribution in [3.63, 3.8) is 0 Å². The average molecular weight is 288 g/mol. The zero-order chi connectivity index (χ0) is 14.6. The van der Waals surface area contributed by atoms with Gasteiger partial charge in [0.15, 0.2) is 0 Å². The maximum absolute atomic E-state index is 12.4. The first-order valence-electron chi connectivity index (χ1n) is 6.73. The topological polar surface area (TPSA) is 66.5 Å². The van der Waals surface area contributed by atoms with E-state index in [9.17, 15) is 13.8 Å². The average Bonchev–Trinajstić information content (AvgIpc) is 2.47. The molecule has 1 fully saturated rings. The maximum Gasteiger partial charge on any atom is 0.245 e. The van der Waals surface area contributed by atoms with Crippen molar-refractivity contribution in [2.24, 2.45) is 5.92 Å². The van der Waals surface area contributed by atoms with Crippen LogP contribution in [0.4, 0.5) is 0 Å². The molecular formula is C13H24N2O3S. The van der Waals surface area contributed by atoms with Gasteiger partial charge in [-0.15, -0.1) is 0 Å². The second-order valence-electron chi connectivity index (χ2n) is 5.46. The van der Waals surface area contributed by atoms with Crippen molar-refractivity contribution < 1.29 is 13.8 Å². The first kappa shape index (κ1) is 16.1. The van der Waals surface area contributed by atoms with E-state index < -0.39 is 16.8 Å². The molecule has 6 heteroatoms. The van der Waals surface area contributed by atoms with E-state index in [0.717, 1.165) is 0 Å². The number of nitrogens with one attached hydrogen (secondary N) is 1. The van der Waals surface area contributed by atoms with Gasteiger partial charge in [-0.3, -0.25) is 13.8 Å². The van der Waals surface area contributed by atoms with Gasteiger partial charge in [-0.2, -0.15) is 0 Å². The standard InChI is InChI=1S/C13H24N2O3S/c1-9(2)12-13(17)15(8-6-11(16)14-12)7-5-10(3)19(4)18/h9-10,12H,5-8H2,1-4H3,(H,14,16). The zero-order valence-corrected chi connectivity index (χ0v) is 13.0. The number of hydrogen-bond acceptors (Lipinski definition) is 3. The van der Waals surface area contributed by atoms with Gasteiger partial charge in [0, 0.05) is 41.8 Å². The van der Waals surface area contributed by atoms with Crippen LogP contribution in [-0.2, 0) is 20.4 Å². The summed E-state index contributed by atoms with van der Waals surface area (Å²) in [6.45, 7) is 6.79. The fourth-order valence-corrected chi connectivity index (χ4v) is 2.47. The van der Waals surface area contributed by atoms with Crippen LogP contribution < -0.4 is 5.32 Å². The number of hydrogen-bond donors (Lipinski definition) is 1. The summed E-state index contributed by atoms with van der Waals surface area (Å²) in [4.78, 5) is 25.7. The SMILES string of the molecule is CC(C)C1NC(=O)CCN(CCC(C)S(C)=O)C1=O. The van der Waals surface area contributed by atoms with Crippen molar-refractivity contribution in [2.75, 3.05) is 19.3 Å². The van der Waals surface area contributed by atoms with E-state index in [1.165, 1.54) is 0 Å². The molecule has 5 nitrogen and oxygen atoms in total. The number of amides is 2. The van der Waals surface area contributed by atoms with Gasteiger partial charge in [0.05, 0.1) is 0 Å². The molecule has 110 valence electrons. The molecule has 0 aliphatic carbocycles. The third-order valence-corrected chi connectivity index (χ3v) is 4.91. The molecule has 1 saturated heterocycles. The minimum absolute atomic E-state index is 0.0186. The largest absolute Gasteiger partial charge is 0.344 e. The maximum atomic E-state index is 12.4. The van der Waals surface area contributed by atoms with Crippen molar-refractivity contribution >= 4 is 22.6 Å². The van der Waals surface area contributed by atoms with Gasteiger partial charge in [-0.1, -0.05) is 20.8 Å². The molecule has 3 unspecified atom stereocenters. The van der Waals surface area contributed by atoms with E-state index in [4.69, 9.17) is 0 Å². The van der Waals surface area contributed by atoms with Crippen LogP contribution in [0.15, 0.2) is 0 Å². The Balaban J connectivity index is 2.68. The summed E-state index contributed by atoms with van der Waals surface area (Å²) in [5.41, 5.74) is 0. The molecule has 1 aliphatic rings. The van der Waals surface area contributed by atoms with Crippen molar-refractivity contribution in [2.45, 2.75) is 44.9 Å². The molecule has 0 aromatic carbocycles. The molecule has 0 bridgehead atoms. The summed E-state index contributed by atoms with van der Waals surface area (Å²) in [6.07, 6.45) is 2.73. The van der Waals surface area contributed by atoms with Crippen molar-refractivity contribution in [3.05, 3.63) is 0 Å². The third-order valence-electron chi connectivity index (χ3n) is 3.54. The van der Waals surface area contributed by atoms with E-state index in [1.807, 2.05) is 20.8 Å². The molecule has 0 radical (unpaired) electrons. The lowest BCUT2D eigenvalue weighted by atomic mass is 10.0. The smallest absolute Gasteiger partial charge is 0.245 e. The molecule has 0 aromatic rings. The minimum Gasteiger partial charge on any atom is -0.344 e. The van der Waals surface area contributed by atoms with E-state index in [2.05, 4.69) is 5.32 Å². The summed E-state index contributed by atoms with van der Waals surface area (Å²) in [5, 5.41) is 2.85. The van der Waals surface area contributed by atoms with Crippen LogP contribution in [0, 0.1) is 5.92 Å². The van der Waals surface area contributed by atoms with E-state index >= 15 is 0 Å². The van der Waals surface area contributed by atoms with Gasteiger partial charge in [-0.05, 0) is 12.3 Å². The fraction of sp³-hybridized carbons (Fsp3) is 0.846. The molecule has 1 aliphatic heterocycles. The molecule has 0 saturated carbocycles. The lowest BCUT2D eigenvalue weighted by Crippen LogP contribution is -2.48. The normalized spacial score (nSPS) is 24.1. The van der Waals surface area contributed by atoms with Crippen molar-refractivity contribution in [3.8, 4) is 0 Å². The Morgan fingerprint density at radius 2 is 2.00 bits per heavy atom. The summed E-state index contributed by atoms with van der Waals surface area (Å²) < 4.78 is 11.3. The summed E-state index contributed by atoms with van der Waals surface area (Å²) in [7, 11) is -0.875. The second-order valence-corrected chi connectivity index (χ2v) is 7.26. The fourth-order valence-electron chi connectivity index (χ4n) is 2.03. The lowest BCUT2D eigenvalue weighted by molar-refractivity contribution is -0.134. The van der Waals surface area contributed by atoms with Crippen LogP contribution in [0.3, 0.4) is 0 Å². The van der Waals surface area contributed by atoms with Gasteiger partial charge in [0.25, 0.3) is 0 Å². The highest BCUT2D eigenvalue weighted by molar-refractivity contribution is 7.84. The summed E-state index contributed by atoms with van der Waals surface area (Å²) in [6, 6.07) is -0.433. The molecular weight excluding hydrogens is 264 g/mol. The minimum atomic E-state index is -0.875. The Morgan fingerprint density at radius 1 is 1.37 bits per heavy atom. The first-order valence-corrected chi connectivity index (χ1v) is 8.35. The first-order chi connectivity index (χ1) is 8.82. The molecule has 1 heterocycles. The predicted octanol–water partition coefficient (Wildman–Crippen LogP) is 0.517. The molecule has 3 atom stereocenters. The second kappa shape index (κ2) is 7.03. The van der Waals surface area contributed by atoms with Crippen molar-refractivity contribution in [1.29, 1.82) is 0 Å². The molecule has 1 rings (SSSR count). The molecule has 2 amide bonds. The van der Waals surface area contributed by atoms with Crippen molar-refractivity contribution in [1.82, 2.24) is 10.2 Å².